The van der Waals surface area contributed by atoms with Crippen molar-refractivity contribution < 1.29 is 22.8 Å². The summed E-state index contributed by atoms with van der Waals surface area (Å²) < 4.78 is 29.9. The Bertz CT molecular complexity index is 798. The maximum atomic E-state index is 11.5. The summed E-state index contributed by atoms with van der Waals surface area (Å²) in [4.78, 5) is 11.5. The topological polar surface area (TPSA) is 110 Å². The number of carbonyl (C=O) groups is 1. The monoisotopic (exact) mass is 344 g/mol. The Morgan fingerprint density at radius 3 is 2.45 bits per heavy atom. The molecule has 2 rings (SSSR count). The number of halogens is 1. The minimum Gasteiger partial charge on any atom is -0.477 e. The van der Waals surface area contributed by atoms with Gasteiger partial charge in [0.05, 0.1) is 12.3 Å². The highest BCUT2D eigenvalue weighted by Crippen LogP contribution is 2.30. The van der Waals surface area contributed by atoms with E-state index in [2.05, 4.69) is 9.88 Å². The molecule has 0 spiro atoms. The van der Waals surface area contributed by atoms with Crippen molar-refractivity contribution >= 4 is 27.6 Å². The average Bonchev–Trinajstić information content (AvgIpc) is 2.82. The van der Waals surface area contributed by atoms with Crippen molar-refractivity contribution in [1.29, 1.82) is 0 Å². The van der Waals surface area contributed by atoms with Crippen LogP contribution in [0.2, 0.25) is 5.02 Å². The second-order valence-electron chi connectivity index (χ2n) is 4.69. The Kier molecular flexibility index (Phi) is 4.55. The zero-order valence-corrected chi connectivity index (χ0v) is 13.3. The predicted octanol–water partition coefficient (Wildman–Crippen LogP) is 2.30. The van der Waals surface area contributed by atoms with Crippen LogP contribution in [-0.2, 0) is 10.0 Å². The van der Waals surface area contributed by atoms with Crippen molar-refractivity contribution in [2.45, 2.75) is 13.0 Å². The first-order chi connectivity index (χ1) is 10.2. The van der Waals surface area contributed by atoms with Gasteiger partial charge in [0.25, 0.3) is 0 Å². The molecule has 0 unspecified atom stereocenters. The van der Waals surface area contributed by atoms with Crippen molar-refractivity contribution in [2.24, 2.45) is 0 Å². The van der Waals surface area contributed by atoms with Gasteiger partial charge in [-0.05, 0) is 19.1 Å². The summed E-state index contributed by atoms with van der Waals surface area (Å²) in [6, 6.07) is 5.52. The summed E-state index contributed by atoms with van der Waals surface area (Å²) in [6.07, 6.45) is 0.973. The molecular weight excluding hydrogens is 332 g/mol. The Hall–Kier alpha value is -1.90. The van der Waals surface area contributed by atoms with Gasteiger partial charge in [0.1, 0.15) is 11.3 Å². The zero-order chi connectivity index (χ0) is 16.5. The number of nitrogens with one attached hydrogen (secondary N) is 1. The minimum atomic E-state index is -3.52. The Labute approximate surface area is 131 Å². The first kappa shape index (κ1) is 16.5. The van der Waals surface area contributed by atoms with E-state index in [1.807, 2.05) is 0 Å². The number of hydrogen-bond acceptors (Lipinski definition) is 5. The van der Waals surface area contributed by atoms with Crippen molar-refractivity contribution in [3.63, 3.8) is 0 Å². The number of benzene rings is 1. The van der Waals surface area contributed by atoms with Crippen LogP contribution in [0, 0.1) is 0 Å². The summed E-state index contributed by atoms with van der Waals surface area (Å²) in [5.74, 6) is -1.33. The number of hydrogen-bond donors (Lipinski definition) is 2. The molecular formula is C13H13ClN2O5S. The van der Waals surface area contributed by atoms with Gasteiger partial charge >= 0.3 is 5.97 Å². The standard InChI is InChI=1S/C13H13ClN2O5S/c1-7(16-22(2,19)20)12-10(13(17)18)11(15-21-12)8-3-5-9(14)6-4-8/h3-7,16H,1-2H3,(H,17,18)/t7-/m1/s1. The lowest BCUT2D eigenvalue weighted by molar-refractivity contribution is 0.0694. The molecule has 22 heavy (non-hydrogen) atoms. The van der Waals surface area contributed by atoms with Gasteiger partial charge in [0.2, 0.25) is 10.0 Å². The van der Waals surface area contributed by atoms with E-state index >= 15 is 0 Å². The highest BCUT2D eigenvalue weighted by atomic mass is 35.5. The van der Waals surface area contributed by atoms with Crippen molar-refractivity contribution in [3.8, 4) is 11.3 Å². The Morgan fingerprint density at radius 2 is 1.95 bits per heavy atom. The van der Waals surface area contributed by atoms with Crippen LogP contribution in [0.3, 0.4) is 0 Å². The van der Waals surface area contributed by atoms with E-state index in [0.29, 0.717) is 10.6 Å². The highest BCUT2D eigenvalue weighted by molar-refractivity contribution is 7.88. The van der Waals surface area contributed by atoms with Gasteiger partial charge in [0, 0.05) is 10.6 Å². The summed E-state index contributed by atoms with van der Waals surface area (Å²) >= 11 is 5.79. The molecule has 0 amide bonds. The number of aromatic nitrogens is 1. The lowest BCUT2D eigenvalue weighted by Crippen LogP contribution is -2.26. The second kappa shape index (κ2) is 6.07. The van der Waals surface area contributed by atoms with Crippen LogP contribution in [0.15, 0.2) is 28.8 Å². The predicted molar refractivity (Wildman–Crippen MR) is 80.3 cm³/mol. The molecule has 1 heterocycles. The molecule has 2 aromatic rings. The van der Waals surface area contributed by atoms with E-state index in [-0.39, 0.29) is 17.0 Å². The minimum absolute atomic E-state index is 0.0668. The van der Waals surface area contributed by atoms with E-state index in [9.17, 15) is 18.3 Å². The number of carboxylic acid groups (broad SMARTS) is 1. The number of sulfonamides is 1. The largest absolute Gasteiger partial charge is 0.477 e. The first-order valence-corrected chi connectivity index (χ1v) is 8.42. The summed E-state index contributed by atoms with van der Waals surface area (Å²) in [5.41, 5.74) is 0.427. The molecule has 0 saturated carbocycles. The number of nitrogens with zero attached hydrogens (tertiary/aromatic N) is 1. The molecule has 1 aromatic carbocycles. The smallest absolute Gasteiger partial charge is 0.341 e. The van der Waals surface area contributed by atoms with Crippen LogP contribution in [-0.4, -0.2) is 30.9 Å². The third kappa shape index (κ3) is 3.65. The zero-order valence-electron chi connectivity index (χ0n) is 11.7. The molecule has 0 aliphatic carbocycles. The van der Waals surface area contributed by atoms with Gasteiger partial charge in [-0.2, -0.15) is 0 Å². The van der Waals surface area contributed by atoms with Crippen LogP contribution in [0.1, 0.15) is 29.1 Å². The average molecular weight is 345 g/mol. The number of rotatable bonds is 5. The van der Waals surface area contributed by atoms with Crippen LogP contribution < -0.4 is 4.72 Å². The summed E-state index contributed by atoms with van der Waals surface area (Å²) in [7, 11) is -3.52. The quantitative estimate of drug-likeness (QED) is 0.861. The fraction of sp³-hybridized carbons (Fsp3) is 0.231. The van der Waals surface area contributed by atoms with Crippen molar-refractivity contribution in [1.82, 2.24) is 9.88 Å². The molecule has 1 atom stereocenters. The SMILES string of the molecule is C[C@@H](NS(C)(=O)=O)c1onc(-c2ccc(Cl)cc2)c1C(=O)O. The molecule has 1 aromatic heterocycles. The van der Waals surface area contributed by atoms with Gasteiger partial charge in [-0.15, -0.1) is 0 Å². The van der Waals surface area contributed by atoms with Crippen molar-refractivity contribution in [3.05, 3.63) is 40.6 Å². The van der Waals surface area contributed by atoms with Gasteiger partial charge in [-0.25, -0.2) is 17.9 Å². The number of aromatic carboxylic acids is 1. The van der Waals surface area contributed by atoms with E-state index in [1.165, 1.54) is 6.92 Å². The van der Waals surface area contributed by atoms with Crippen LogP contribution >= 0.6 is 11.6 Å². The van der Waals surface area contributed by atoms with E-state index in [1.54, 1.807) is 24.3 Å². The van der Waals surface area contributed by atoms with E-state index < -0.39 is 22.0 Å². The van der Waals surface area contributed by atoms with E-state index in [4.69, 9.17) is 16.1 Å². The van der Waals surface area contributed by atoms with Gasteiger partial charge in [-0.1, -0.05) is 28.9 Å². The molecule has 118 valence electrons. The fourth-order valence-corrected chi connectivity index (χ4v) is 2.86. The summed E-state index contributed by atoms with van der Waals surface area (Å²) in [6.45, 7) is 1.47. The maximum absolute atomic E-state index is 11.5. The first-order valence-electron chi connectivity index (χ1n) is 6.15. The fourth-order valence-electron chi connectivity index (χ4n) is 1.98. The molecule has 2 N–H and O–H groups in total. The molecule has 0 aliphatic heterocycles. The Balaban J connectivity index is 2.50. The lowest BCUT2D eigenvalue weighted by Gasteiger charge is -2.09. The summed E-state index contributed by atoms with van der Waals surface area (Å²) in [5, 5.41) is 13.6. The number of carboxylic acids is 1. The molecule has 0 aliphatic rings. The molecule has 0 fully saturated rings. The van der Waals surface area contributed by atoms with Gasteiger partial charge < -0.3 is 9.63 Å². The van der Waals surface area contributed by atoms with Crippen LogP contribution in [0.25, 0.3) is 11.3 Å². The van der Waals surface area contributed by atoms with Crippen LogP contribution in [0.5, 0.6) is 0 Å². The van der Waals surface area contributed by atoms with E-state index in [0.717, 1.165) is 6.26 Å². The van der Waals surface area contributed by atoms with Crippen LogP contribution in [0.4, 0.5) is 0 Å². The molecule has 9 heteroatoms. The molecule has 7 nitrogen and oxygen atoms in total. The van der Waals surface area contributed by atoms with Crippen molar-refractivity contribution in [2.75, 3.05) is 6.26 Å². The maximum Gasteiger partial charge on any atom is 0.341 e. The third-order valence-electron chi connectivity index (χ3n) is 2.83. The Morgan fingerprint density at radius 1 is 1.36 bits per heavy atom. The van der Waals surface area contributed by atoms with Gasteiger partial charge in [-0.3, -0.25) is 0 Å². The normalized spacial score (nSPS) is 13.0. The molecule has 0 radical (unpaired) electrons. The second-order valence-corrected chi connectivity index (χ2v) is 6.91. The molecule has 0 bridgehead atoms. The highest BCUT2D eigenvalue weighted by Gasteiger charge is 2.28. The molecule has 0 saturated heterocycles. The third-order valence-corrected chi connectivity index (χ3v) is 3.87. The lowest BCUT2D eigenvalue weighted by atomic mass is 10.0. The van der Waals surface area contributed by atoms with Gasteiger partial charge in [0.15, 0.2) is 5.76 Å².